The molecule has 0 spiro atoms. The summed E-state index contributed by atoms with van der Waals surface area (Å²) in [5.41, 5.74) is 2.35. The lowest BCUT2D eigenvalue weighted by Crippen LogP contribution is -1.90. The molecule has 3 nitrogen and oxygen atoms in total. The molecule has 0 N–H and O–H groups in total. The van der Waals surface area contributed by atoms with Gasteiger partial charge < -0.3 is 4.74 Å². The number of allylic oxidation sites excluding steroid dienone is 1. The minimum Gasteiger partial charge on any atom is -0.496 e. The van der Waals surface area contributed by atoms with Crippen LogP contribution in [0, 0.1) is 11.3 Å². The van der Waals surface area contributed by atoms with Crippen LogP contribution < -0.4 is 4.74 Å². The number of fused-ring (bicyclic) bond motifs is 2. The molecule has 0 bridgehead atoms. The Labute approximate surface area is 149 Å². The molecule has 0 amide bonds. The van der Waals surface area contributed by atoms with E-state index in [1.165, 1.54) is 11.3 Å². The molecule has 1 aromatic heterocycles. The normalized spacial score (nSPS) is 11.6. The molecular weight excluding hydrogens is 328 g/mol. The molecular formula is C21H14N2OS. The molecule has 25 heavy (non-hydrogen) atoms. The quantitative estimate of drug-likeness (QED) is 0.460. The molecule has 4 aromatic rings. The van der Waals surface area contributed by atoms with E-state index in [-0.39, 0.29) is 0 Å². The minimum atomic E-state index is 0.538. The third-order valence-corrected chi connectivity index (χ3v) is 5.15. The van der Waals surface area contributed by atoms with E-state index in [1.807, 2.05) is 60.7 Å². The zero-order chi connectivity index (χ0) is 17.2. The Hall–Kier alpha value is -3.16. The van der Waals surface area contributed by atoms with Gasteiger partial charge in [0.15, 0.2) is 0 Å². The number of ether oxygens (including phenoxy) is 1. The zero-order valence-corrected chi connectivity index (χ0v) is 14.4. The van der Waals surface area contributed by atoms with Crippen LogP contribution in [0.15, 0.2) is 60.7 Å². The lowest BCUT2D eigenvalue weighted by atomic mass is 10.0. The first-order chi connectivity index (χ1) is 12.3. The first-order valence-electron chi connectivity index (χ1n) is 7.83. The van der Waals surface area contributed by atoms with Crippen LogP contribution in [0.3, 0.4) is 0 Å². The van der Waals surface area contributed by atoms with Gasteiger partial charge in [0.25, 0.3) is 0 Å². The Morgan fingerprint density at radius 2 is 1.88 bits per heavy atom. The average Bonchev–Trinajstić information content (AvgIpc) is 3.09. The maximum atomic E-state index is 9.71. The SMILES string of the molecule is COc1ccc2ccccc2c1/C=C(\C#N)c1nc2ccccc2s1. The van der Waals surface area contributed by atoms with Crippen LogP contribution in [0.5, 0.6) is 5.75 Å². The summed E-state index contributed by atoms with van der Waals surface area (Å²) in [5, 5.41) is 12.6. The van der Waals surface area contributed by atoms with Gasteiger partial charge in [0, 0.05) is 5.56 Å². The third kappa shape index (κ3) is 2.75. The molecule has 1 heterocycles. The van der Waals surface area contributed by atoms with Crippen molar-refractivity contribution in [1.29, 1.82) is 5.26 Å². The van der Waals surface area contributed by atoms with Gasteiger partial charge in [-0.3, -0.25) is 0 Å². The van der Waals surface area contributed by atoms with E-state index in [4.69, 9.17) is 4.74 Å². The van der Waals surface area contributed by atoms with Gasteiger partial charge in [-0.05, 0) is 35.0 Å². The Balaban J connectivity index is 1.94. The zero-order valence-electron chi connectivity index (χ0n) is 13.6. The number of hydrogen-bond acceptors (Lipinski definition) is 4. The molecule has 0 aliphatic carbocycles. The van der Waals surface area contributed by atoms with Crippen molar-refractivity contribution < 1.29 is 4.74 Å². The molecule has 0 fully saturated rings. The van der Waals surface area contributed by atoms with E-state index in [2.05, 4.69) is 17.1 Å². The topological polar surface area (TPSA) is 45.9 Å². The highest BCUT2D eigenvalue weighted by molar-refractivity contribution is 7.19. The van der Waals surface area contributed by atoms with Gasteiger partial charge in [-0.2, -0.15) is 5.26 Å². The molecule has 4 rings (SSSR count). The van der Waals surface area contributed by atoms with Gasteiger partial charge in [0.2, 0.25) is 0 Å². The summed E-state index contributed by atoms with van der Waals surface area (Å²) in [6.45, 7) is 0. The largest absolute Gasteiger partial charge is 0.496 e. The fourth-order valence-electron chi connectivity index (χ4n) is 2.88. The van der Waals surface area contributed by atoms with Crippen LogP contribution in [-0.2, 0) is 0 Å². The monoisotopic (exact) mass is 342 g/mol. The van der Waals surface area contributed by atoms with E-state index >= 15 is 0 Å². The van der Waals surface area contributed by atoms with Gasteiger partial charge >= 0.3 is 0 Å². The molecule has 0 saturated carbocycles. The van der Waals surface area contributed by atoms with Crippen molar-refractivity contribution in [1.82, 2.24) is 4.98 Å². The number of nitriles is 1. The van der Waals surface area contributed by atoms with Crippen molar-refractivity contribution in [3.8, 4) is 11.8 Å². The number of aromatic nitrogens is 1. The summed E-state index contributed by atoms with van der Waals surface area (Å²) in [7, 11) is 1.64. The molecule has 0 radical (unpaired) electrons. The molecule has 0 saturated heterocycles. The fourth-order valence-corrected chi connectivity index (χ4v) is 3.81. The lowest BCUT2D eigenvalue weighted by molar-refractivity contribution is 0.414. The van der Waals surface area contributed by atoms with Crippen molar-refractivity contribution in [2.45, 2.75) is 0 Å². The van der Waals surface area contributed by atoms with Crippen molar-refractivity contribution in [2.24, 2.45) is 0 Å². The predicted molar refractivity (Wildman–Crippen MR) is 104 cm³/mol. The number of thiazole rings is 1. The Kier molecular flexibility index (Phi) is 3.93. The summed E-state index contributed by atoms with van der Waals surface area (Å²) in [4.78, 5) is 4.60. The molecule has 4 heteroatoms. The van der Waals surface area contributed by atoms with Crippen LogP contribution in [-0.4, -0.2) is 12.1 Å². The lowest BCUT2D eigenvalue weighted by Gasteiger charge is -2.09. The third-order valence-electron chi connectivity index (χ3n) is 4.08. The summed E-state index contributed by atoms with van der Waals surface area (Å²) in [6, 6.07) is 22.2. The van der Waals surface area contributed by atoms with Crippen LogP contribution >= 0.6 is 11.3 Å². The second-order valence-electron chi connectivity index (χ2n) is 5.56. The first-order valence-corrected chi connectivity index (χ1v) is 8.65. The maximum Gasteiger partial charge on any atom is 0.135 e. The summed E-state index contributed by atoms with van der Waals surface area (Å²) >= 11 is 1.53. The van der Waals surface area contributed by atoms with Gasteiger partial charge in [0.05, 0.1) is 22.9 Å². The molecule has 0 unspecified atom stereocenters. The first kappa shape index (κ1) is 15.4. The number of rotatable bonds is 3. The second-order valence-corrected chi connectivity index (χ2v) is 6.59. The Morgan fingerprint density at radius 3 is 2.68 bits per heavy atom. The van der Waals surface area contributed by atoms with Gasteiger partial charge in [-0.15, -0.1) is 11.3 Å². The molecule has 0 aliphatic rings. The standard InChI is InChI=1S/C21H14N2OS/c1-24-19-11-10-14-6-2-3-7-16(14)17(19)12-15(13-22)21-23-18-8-4-5-9-20(18)25-21/h2-12H,1H3/b15-12+. The summed E-state index contributed by atoms with van der Waals surface area (Å²) in [6.07, 6.45) is 1.87. The Bertz CT molecular complexity index is 1120. The minimum absolute atomic E-state index is 0.538. The highest BCUT2D eigenvalue weighted by Crippen LogP contribution is 2.33. The second kappa shape index (κ2) is 6.39. The number of para-hydroxylation sites is 1. The number of benzene rings is 3. The summed E-state index contributed by atoms with van der Waals surface area (Å²) in [5.74, 6) is 0.743. The van der Waals surface area contributed by atoms with Crippen molar-refractivity contribution in [3.05, 3.63) is 71.2 Å². The molecule has 0 atom stereocenters. The number of nitrogens with zero attached hydrogens (tertiary/aromatic N) is 2. The van der Waals surface area contributed by atoms with Crippen LogP contribution in [0.1, 0.15) is 10.6 Å². The molecule has 0 aliphatic heterocycles. The van der Waals surface area contributed by atoms with E-state index < -0.39 is 0 Å². The average molecular weight is 342 g/mol. The van der Waals surface area contributed by atoms with Crippen molar-refractivity contribution >= 4 is 44.0 Å². The maximum absolute atomic E-state index is 9.71. The summed E-state index contributed by atoms with van der Waals surface area (Å²) < 4.78 is 6.60. The van der Waals surface area contributed by atoms with Crippen LogP contribution in [0.2, 0.25) is 0 Å². The van der Waals surface area contributed by atoms with Gasteiger partial charge in [-0.25, -0.2) is 4.98 Å². The predicted octanol–water partition coefficient (Wildman–Crippen LogP) is 5.52. The number of hydrogen-bond donors (Lipinski definition) is 0. The van der Waals surface area contributed by atoms with Gasteiger partial charge in [0.1, 0.15) is 16.8 Å². The Morgan fingerprint density at radius 1 is 1.08 bits per heavy atom. The van der Waals surface area contributed by atoms with Crippen LogP contribution in [0.25, 0.3) is 32.6 Å². The fraction of sp³-hybridized carbons (Fsp3) is 0.0476. The van der Waals surface area contributed by atoms with Gasteiger partial charge in [-0.1, -0.05) is 42.5 Å². The van der Waals surface area contributed by atoms with Crippen molar-refractivity contribution in [3.63, 3.8) is 0 Å². The highest BCUT2D eigenvalue weighted by Gasteiger charge is 2.12. The highest BCUT2D eigenvalue weighted by atomic mass is 32.1. The van der Waals surface area contributed by atoms with E-state index in [1.54, 1.807) is 7.11 Å². The van der Waals surface area contributed by atoms with E-state index in [0.717, 1.165) is 37.3 Å². The van der Waals surface area contributed by atoms with E-state index in [0.29, 0.717) is 5.57 Å². The van der Waals surface area contributed by atoms with E-state index in [9.17, 15) is 5.26 Å². The molecule has 120 valence electrons. The number of methoxy groups -OCH3 is 1. The van der Waals surface area contributed by atoms with Crippen LogP contribution in [0.4, 0.5) is 0 Å². The smallest absolute Gasteiger partial charge is 0.135 e. The molecule has 3 aromatic carbocycles. The van der Waals surface area contributed by atoms with Crippen molar-refractivity contribution in [2.75, 3.05) is 7.11 Å².